The Morgan fingerprint density at radius 2 is 1.23 bits per heavy atom. The second kappa shape index (κ2) is 7.68. The van der Waals surface area contributed by atoms with Crippen molar-refractivity contribution < 1.29 is 14.6 Å². The van der Waals surface area contributed by atoms with E-state index in [-0.39, 0.29) is 13.2 Å². The lowest BCUT2D eigenvalue weighted by Crippen LogP contribution is -2.25. The molecule has 0 aliphatic carbocycles. The van der Waals surface area contributed by atoms with E-state index >= 15 is 0 Å². The molecule has 22 heavy (non-hydrogen) atoms. The van der Waals surface area contributed by atoms with Crippen molar-refractivity contribution in [2.24, 2.45) is 0 Å². The van der Waals surface area contributed by atoms with Gasteiger partial charge in [0.15, 0.2) is 0 Å². The second-order valence-electron chi connectivity index (χ2n) is 4.49. The van der Waals surface area contributed by atoms with E-state index < -0.39 is 6.10 Å². The lowest BCUT2D eigenvalue weighted by Gasteiger charge is -2.14. The smallest absolute Gasteiger partial charge is 0.137 e. The average Bonchev–Trinajstić information content (AvgIpc) is 2.58. The van der Waals surface area contributed by atoms with Crippen LogP contribution in [0.1, 0.15) is 11.1 Å². The number of ether oxygens (including phenoxy) is 2. The summed E-state index contributed by atoms with van der Waals surface area (Å²) in [7, 11) is 0. The van der Waals surface area contributed by atoms with Gasteiger partial charge >= 0.3 is 0 Å². The molecular weight excluding hydrogens is 280 g/mol. The van der Waals surface area contributed by atoms with Crippen LogP contribution < -0.4 is 9.47 Å². The van der Waals surface area contributed by atoms with Gasteiger partial charge in [-0.05, 0) is 24.3 Å². The van der Waals surface area contributed by atoms with Crippen LogP contribution in [0.25, 0.3) is 0 Å². The molecule has 5 nitrogen and oxygen atoms in total. The zero-order valence-corrected chi connectivity index (χ0v) is 11.8. The predicted molar refractivity (Wildman–Crippen MR) is 79.3 cm³/mol. The maximum Gasteiger partial charge on any atom is 0.137 e. The largest absolute Gasteiger partial charge is 0.489 e. The van der Waals surface area contributed by atoms with Gasteiger partial charge in [-0.2, -0.15) is 10.5 Å². The predicted octanol–water partition coefficient (Wildman–Crippen LogP) is 2.25. The number of benzene rings is 2. The highest BCUT2D eigenvalue weighted by Crippen LogP contribution is 2.18. The van der Waals surface area contributed by atoms with Gasteiger partial charge in [0, 0.05) is 0 Å². The Kier molecular flexibility index (Phi) is 5.37. The van der Waals surface area contributed by atoms with Crippen molar-refractivity contribution in [3.8, 4) is 23.6 Å². The summed E-state index contributed by atoms with van der Waals surface area (Å²) >= 11 is 0. The molecule has 0 heterocycles. The molecule has 0 amide bonds. The first kappa shape index (κ1) is 15.4. The van der Waals surface area contributed by atoms with Crippen molar-refractivity contribution in [3.63, 3.8) is 0 Å². The maximum atomic E-state index is 9.88. The van der Waals surface area contributed by atoms with Crippen molar-refractivity contribution >= 4 is 0 Å². The van der Waals surface area contributed by atoms with Crippen molar-refractivity contribution in [1.82, 2.24) is 0 Å². The quantitative estimate of drug-likeness (QED) is 0.883. The van der Waals surface area contributed by atoms with E-state index in [0.717, 1.165) is 0 Å². The zero-order valence-electron chi connectivity index (χ0n) is 11.8. The second-order valence-corrected chi connectivity index (χ2v) is 4.49. The fourth-order valence-corrected chi connectivity index (χ4v) is 1.79. The molecule has 1 N–H and O–H groups in total. The molecule has 0 radical (unpaired) electrons. The van der Waals surface area contributed by atoms with E-state index in [9.17, 15) is 5.11 Å². The van der Waals surface area contributed by atoms with Gasteiger partial charge in [0.2, 0.25) is 0 Å². The Hall–Kier alpha value is -3.02. The van der Waals surface area contributed by atoms with Crippen LogP contribution in [0.4, 0.5) is 0 Å². The minimum absolute atomic E-state index is 0.00653. The summed E-state index contributed by atoms with van der Waals surface area (Å²) in [4.78, 5) is 0. The molecule has 0 saturated heterocycles. The molecule has 110 valence electrons. The monoisotopic (exact) mass is 294 g/mol. The summed E-state index contributed by atoms with van der Waals surface area (Å²) in [5.41, 5.74) is 0.816. The first-order chi connectivity index (χ1) is 10.7. The lowest BCUT2D eigenvalue weighted by molar-refractivity contribution is 0.0624. The number of hydrogen-bond acceptors (Lipinski definition) is 5. The highest BCUT2D eigenvalue weighted by Gasteiger charge is 2.10. The Balaban J connectivity index is 1.87. The molecule has 0 atom stereocenters. The average molecular weight is 294 g/mol. The minimum atomic E-state index is -0.876. The topological polar surface area (TPSA) is 86.3 Å². The van der Waals surface area contributed by atoms with E-state index in [2.05, 4.69) is 0 Å². The van der Waals surface area contributed by atoms with E-state index in [4.69, 9.17) is 20.0 Å². The van der Waals surface area contributed by atoms with Gasteiger partial charge in [0.05, 0.1) is 11.1 Å². The normalized spacial score (nSPS) is 9.82. The molecule has 0 unspecified atom stereocenters. The summed E-state index contributed by atoms with van der Waals surface area (Å²) in [6.07, 6.45) is -0.876. The first-order valence-corrected chi connectivity index (χ1v) is 6.66. The van der Waals surface area contributed by atoms with Gasteiger partial charge in [0.1, 0.15) is 43.0 Å². The Labute approximate surface area is 128 Å². The number of nitriles is 2. The van der Waals surface area contributed by atoms with Crippen LogP contribution in [0, 0.1) is 22.7 Å². The van der Waals surface area contributed by atoms with Crippen molar-refractivity contribution in [1.29, 1.82) is 10.5 Å². The van der Waals surface area contributed by atoms with Crippen LogP contribution in [-0.4, -0.2) is 24.4 Å². The minimum Gasteiger partial charge on any atom is -0.489 e. The standard InChI is InChI=1S/C17H14N2O3/c18-9-13-5-1-3-7-16(13)21-11-15(20)12-22-17-8-4-2-6-14(17)10-19/h1-8,15,20H,11-12H2. The number of hydrogen-bond donors (Lipinski definition) is 1. The number of rotatable bonds is 6. The van der Waals surface area contributed by atoms with E-state index in [1.807, 2.05) is 12.1 Å². The molecule has 0 saturated carbocycles. The number of aliphatic hydroxyl groups is 1. The summed E-state index contributed by atoms with van der Waals surface area (Å²) in [6.45, 7) is -0.0131. The molecule has 0 aliphatic rings. The van der Waals surface area contributed by atoms with E-state index in [0.29, 0.717) is 22.6 Å². The van der Waals surface area contributed by atoms with Gasteiger partial charge < -0.3 is 14.6 Å². The van der Waals surface area contributed by atoms with Crippen LogP contribution >= 0.6 is 0 Å². The maximum absolute atomic E-state index is 9.88. The van der Waals surface area contributed by atoms with Crippen LogP contribution in [-0.2, 0) is 0 Å². The van der Waals surface area contributed by atoms with Crippen molar-refractivity contribution in [2.45, 2.75) is 6.10 Å². The Bertz CT molecular complexity index is 655. The van der Waals surface area contributed by atoms with Crippen LogP contribution in [0.5, 0.6) is 11.5 Å². The summed E-state index contributed by atoms with van der Waals surface area (Å²) < 4.78 is 10.8. The SMILES string of the molecule is N#Cc1ccccc1OCC(O)COc1ccccc1C#N. The molecular formula is C17H14N2O3. The lowest BCUT2D eigenvalue weighted by atomic mass is 10.2. The van der Waals surface area contributed by atoms with E-state index in [1.54, 1.807) is 48.5 Å². The van der Waals surface area contributed by atoms with Crippen LogP contribution in [0.15, 0.2) is 48.5 Å². The summed E-state index contributed by atoms with van der Waals surface area (Å²) in [5.74, 6) is 0.836. The van der Waals surface area contributed by atoms with Gasteiger partial charge in [-0.3, -0.25) is 0 Å². The fraction of sp³-hybridized carbons (Fsp3) is 0.176. The molecule has 2 aromatic carbocycles. The van der Waals surface area contributed by atoms with Gasteiger partial charge in [0.25, 0.3) is 0 Å². The number of para-hydroxylation sites is 2. The van der Waals surface area contributed by atoms with Crippen molar-refractivity contribution in [2.75, 3.05) is 13.2 Å². The molecule has 2 aromatic rings. The fourth-order valence-electron chi connectivity index (χ4n) is 1.79. The molecule has 5 heteroatoms. The Morgan fingerprint density at radius 3 is 1.64 bits per heavy atom. The van der Waals surface area contributed by atoms with Crippen molar-refractivity contribution in [3.05, 3.63) is 59.7 Å². The molecule has 0 fully saturated rings. The molecule has 0 bridgehead atoms. The summed E-state index contributed by atoms with van der Waals surface area (Å²) in [6, 6.07) is 17.6. The number of aliphatic hydroxyl groups excluding tert-OH is 1. The van der Waals surface area contributed by atoms with Crippen LogP contribution in [0.2, 0.25) is 0 Å². The molecule has 2 rings (SSSR count). The van der Waals surface area contributed by atoms with E-state index in [1.165, 1.54) is 0 Å². The third kappa shape index (κ3) is 3.99. The molecule has 0 aliphatic heterocycles. The highest BCUT2D eigenvalue weighted by molar-refractivity contribution is 5.43. The van der Waals surface area contributed by atoms with Gasteiger partial charge in [-0.25, -0.2) is 0 Å². The Morgan fingerprint density at radius 1 is 0.818 bits per heavy atom. The third-order valence-electron chi connectivity index (χ3n) is 2.88. The zero-order chi connectivity index (χ0) is 15.8. The number of nitrogens with zero attached hydrogens (tertiary/aromatic N) is 2. The highest BCUT2D eigenvalue weighted by atomic mass is 16.5. The summed E-state index contributed by atoms with van der Waals surface area (Å²) in [5, 5.41) is 27.8. The molecule has 0 spiro atoms. The first-order valence-electron chi connectivity index (χ1n) is 6.66. The third-order valence-corrected chi connectivity index (χ3v) is 2.88. The molecule has 0 aromatic heterocycles. The van der Waals surface area contributed by atoms with Crippen LogP contribution in [0.3, 0.4) is 0 Å². The van der Waals surface area contributed by atoms with Gasteiger partial charge in [-0.1, -0.05) is 24.3 Å². The van der Waals surface area contributed by atoms with Gasteiger partial charge in [-0.15, -0.1) is 0 Å².